The summed E-state index contributed by atoms with van der Waals surface area (Å²) in [7, 11) is 3.06. The Kier molecular flexibility index (Phi) is 6.63. The molecule has 184 valence electrons. The minimum Gasteiger partial charge on any atom is -0.497 e. The molecule has 8 heteroatoms. The zero-order valence-corrected chi connectivity index (χ0v) is 20.5. The maximum atomic E-state index is 12.6. The highest BCUT2D eigenvalue weighted by Gasteiger charge is 2.32. The van der Waals surface area contributed by atoms with Crippen LogP contribution in [0.15, 0.2) is 48.8 Å². The van der Waals surface area contributed by atoms with E-state index in [4.69, 9.17) is 19.3 Å². The van der Waals surface area contributed by atoms with Crippen LogP contribution in [0.2, 0.25) is 0 Å². The van der Waals surface area contributed by atoms with Gasteiger partial charge >= 0.3 is 6.09 Å². The Morgan fingerprint density at radius 3 is 2.49 bits per heavy atom. The minimum atomic E-state index is -0.361. The number of piperidine rings is 1. The smallest absolute Gasteiger partial charge is 0.414 e. The van der Waals surface area contributed by atoms with Crippen molar-refractivity contribution in [3.8, 4) is 28.4 Å². The lowest BCUT2D eigenvalue weighted by molar-refractivity contribution is 0.175. The van der Waals surface area contributed by atoms with Crippen molar-refractivity contribution in [3.63, 3.8) is 0 Å². The summed E-state index contributed by atoms with van der Waals surface area (Å²) < 4.78 is 19.0. The number of nitrogens with one attached hydrogen (secondary N) is 1. The number of carbonyl (C=O) groups is 1. The third-order valence-electron chi connectivity index (χ3n) is 6.99. The molecule has 0 saturated carbocycles. The zero-order valence-electron chi connectivity index (χ0n) is 20.5. The summed E-state index contributed by atoms with van der Waals surface area (Å²) in [4.78, 5) is 14.4. The lowest BCUT2D eigenvalue weighted by Crippen LogP contribution is -2.42. The van der Waals surface area contributed by atoms with Gasteiger partial charge in [0, 0.05) is 28.9 Å². The Balaban J connectivity index is 1.58. The third kappa shape index (κ3) is 4.58. The van der Waals surface area contributed by atoms with Gasteiger partial charge in [-0.1, -0.05) is 0 Å². The highest BCUT2D eigenvalue weighted by molar-refractivity contribution is 5.92. The molecular weight excluding hydrogens is 444 g/mol. The van der Waals surface area contributed by atoms with Gasteiger partial charge < -0.3 is 19.5 Å². The number of carbonyl (C=O) groups excluding carboxylic acids is 1. The number of anilines is 1. The van der Waals surface area contributed by atoms with Gasteiger partial charge in [0.25, 0.3) is 0 Å². The highest BCUT2D eigenvalue weighted by atomic mass is 16.5. The number of fused-ring (bicyclic) bond motifs is 1. The van der Waals surface area contributed by atoms with E-state index in [9.17, 15) is 4.79 Å². The lowest BCUT2D eigenvalue weighted by Gasteiger charge is -2.35. The van der Waals surface area contributed by atoms with E-state index >= 15 is 0 Å². The van der Waals surface area contributed by atoms with E-state index in [0.717, 1.165) is 72.6 Å². The molecule has 2 aliphatic heterocycles. The monoisotopic (exact) mass is 476 g/mol. The van der Waals surface area contributed by atoms with Crippen LogP contribution < -0.4 is 19.7 Å². The maximum absolute atomic E-state index is 12.6. The number of hydrogen-bond acceptors (Lipinski definition) is 6. The molecule has 0 spiro atoms. The van der Waals surface area contributed by atoms with E-state index in [2.05, 4.69) is 16.2 Å². The normalized spacial score (nSPS) is 18.1. The summed E-state index contributed by atoms with van der Waals surface area (Å²) >= 11 is 0. The van der Waals surface area contributed by atoms with Gasteiger partial charge in [-0.3, -0.25) is 9.58 Å². The van der Waals surface area contributed by atoms with Gasteiger partial charge in [-0.25, -0.2) is 4.79 Å². The van der Waals surface area contributed by atoms with E-state index in [1.165, 1.54) is 7.11 Å². The second-order valence-electron chi connectivity index (χ2n) is 9.14. The standard InChI is InChI=1S/C27H32N4O4/c1-18-4-9-24-25(31(18)27(32)34-3)11-10-23(26(24)35-22-7-5-21(33-2)6-8-22)19-16-29-30(17-19)20-12-14-28-15-13-20/h5-8,10-11,16-18,20,28H,4,9,12-15H2,1-3H3. The first-order valence-electron chi connectivity index (χ1n) is 12.2. The van der Waals surface area contributed by atoms with Crippen LogP contribution in [0.1, 0.15) is 37.8 Å². The predicted octanol–water partition coefficient (Wildman–Crippen LogP) is 5.18. The summed E-state index contributed by atoms with van der Waals surface area (Å²) in [5, 5.41) is 8.11. The molecule has 5 rings (SSSR count). The van der Waals surface area contributed by atoms with Crippen molar-refractivity contribution in [2.75, 3.05) is 32.2 Å². The number of rotatable bonds is 5. The molecule has 35 heavy (non-hydrogen) atoms. The highest BCUT2D eigenvalue weighted by Crippen LogP contribution is 2.45. The fourth-order valence-electron chi connectivity index (χ4n) is 5.03. The second-order valence-corrected chi connectivity index (χ2v) is 9.14. The third-order valence-corrected chi connectivity index (χ3v) is 6.99. The van der Waals surface area contributed by atoms with Crippen molar-refractivity contribution in [2.24, 2.45) is 0 Å². The van der Waals surface area contributed by atoms with Crippen LogP contribution in [-0.4, -0.2) is 49.2 Å². The molecule has 3 heterocycles. The number of aromatic nitrogens is 2. The van der Waals surface area contributed by atoms with Crippen LogP contribution in [0.25, 0.3) is 11.1 Å². The van der Waals surface area contributed by atoms with E-state index in [1.807, 2.05) is 49.5 Å². The fourth-order valence-corrected chi connectivity index (χ4v) is 5.03. The van der Waals surface area contributed by atoms with Crippen LogP contribution in [0, 0.1) is 0 Å². The van der Waals surface area contributed by atoms with E-state index in [-0.39, 0.29) is 12.1 Å². The largest absolute Gasteiger partial charge is 0.497 e. The number of ether oxygens (including phenoxy) is 3. The van der Waals surface area contributed by atoms with Gasteiger partial charge in [0.05, 0.1) is 32.1 Å². The Morgan fingerprint density at radius 2 is 1.77 bits per heavy atom. The first-order valence-corrected chi connectivity index (χ1v) is 12.2. The summed E-state index contributed by atoms with van der Waals surface area (Å²) in [6, 6.07) is 12.0. The first kappa shape index (κ1) is 23.2. The van der Waals surface area contributed by atoms with Gasteiger partial charge in [-0.05, 0) is 82.1 Å². The average Bonchev–Trinajstić information content (AvgIpc) is 3.39. The van der Waals surface area contributed by atoms with Crippen LogP contribution in [0.4, 0.5) is 10.5 Å². The molecule has 1 atom stereocenters. The molecule has 1 amide bonds. The Morgan fingerprint density at radius 1 is 1.03 bits per heavy atom. The van der Waals surface area contributed by atoms with E-state index < -0.39 is 0 Å². The average molecular weight is 477 g/mol. The van der Waals surface area contributed by atoms with E-state index in [0.29, 0.717) is 11.8 Å². The summed E-state index contributed by atoms with van der Waals surface area (Å²) in [6.07, 6.45) is 7.40. The quantitative estimate of drug-likeness (QED) is 0.547. The van der Waals surface area contributed by atoms with Gasteiger partial charge in [-0.2, -0.15) is 5.10 Å². The maximum Gasteiger partial charge on any atom is 0.414 e. The second kappa shape index (κ2) is 10.00. The van der Waals surface area contributed by atoms with Crippen molar-refractivity contribution >= 4 is 11.8 Å². The SMILES string of the molecule is COC(=O)N1c2ccc(-c3cnn(C4CCNCC4)c3)c(Oc3ccc(OC)cc3)c2CCC1C. The zero-order chi connectivity index (χ0) is 24.4. The molecule has 3 aromatic rings. The summed E-state index contributed by atoms with van der Waals surface area (Å²) in [6.45, 7) is 4.05. The minimum absolute atomic E-state index is 0.0392. The molecular formula is C27H32N4O4. The van der Waals surface area contributed by atoms with Gasteiger partial charge in [-0.15, -0.1) is 0 Å². The van der Waals surface area contributed by atoms with Crippen LogP contribution in [-0.2, 0) is 11.2 Å². The number of amides is 1. The molecule has 8 nitrogen and oxygen atoms in total. The number of hydrogen-bond donors (Lipinski definition) is 1. The molecule has 2 aromatic carbocycles. The van der Waals surface area contributed by atoms with Crippen molar-refractivity contribution in [2.45, 2.75) is 44.7 Å². The first-order chi connectivity index (χ1) is 17.1. The van der Waals surface area contributed by atoms with Gasteiger partial charge in [0.15, 0.2) is 0 Å². The van der Waals surface area contributed by atoms with Crippen LogP contribution in [0.3, 0.4) is 0 Å². The molecule has 0 bridgehead atoms. The molecule has 1 N–H and O–H groups in total. The topological polar surface area (TPSA) is 77.9 Å². The Labute approximate surface area is 205 Å². The predicted molar refractivity (Wildman–Crippen MR) is 135 cm³/mol. The van der Waals surface area contributed by atoms with Crippen molar-refractivity contribution in [3.05, 3.63) is 54.4 Å². The number of benzene rings is 2. The summed E-state index contributed by atoms with van der Waals surface area (Å²) in [5.41, 5.74) is 3.78. The lowest BCUT2D eigenvalue weighted by atomic mass is 9.92. The van der Waals surface area contributed by atoms with Crippen molar-refractivity contribution in [1.29, 1.82) is 0 Å². The Hall–Kier alpha value is -3.52. The van der Waals surface area contributed by atoms with Gasteiger partial charge in [0.2, 0.25) is 0 Å². The molecule has 1 fully saturated rings. The van der Waals surface area contributed by atoms with Crippen molar-refractivity contribution < 1.29 is 19.0 Å². The van der Waals surface area contributed by atoms with Crippen LogP contribution in [0.5, 0.6) is 17.2 Å². The van der Waals surface area contributed by atoms with Crippen LogP contribution >= 0.6 is 0 Å². The van der Waals surface area contributed by atoms with E-state index in [1.54, 1.807) is 12.0 Å². The molecule has 1 aromatic heterocycles. The molecule has 0 aliphatic carbocycles. The van der Waals surface area contributed by atoms with Gasteiger partial charge in [0.1, 0.15) is 17.2 Å². The molecule has 2 aliphatic rings. The molecule has 1 saturated heterocycles. The number of methoxy groups -OCH3 is 2. The van der Waals surface area contributed by atoms with Crippen molar-refractivity contribution in [1.82, 2.24) is 15.1 Å². The fraction of sp³-hybridized carbons (Fsp3) is 0.407. The molecule has 1 unspecified atom stereocenters. The number of nitrogens with zero attached hydrogens (tertiary/aromatic N) is 3. The molecule has 0 radical (unpaired) electrons. The summed E-state index contributed by atoms with van der Waals surface area (Å²) in [5.74, 6) is 2.22. The Bertz CT molecular complexity index is 1180.